The van der Waals surface area contributed by atoms with Crippen LogP contribution in [0.4, 0.5) is 4.79 Å². The Labute approximate surface area is 116 Å². The number of methoxy groups -OCH3 is 1. The highest BCUT2D eigenvalue weighted by Gasteiger charge is 2.24. The smallest absolute Gasteiger partial charge is 0.337 e. The molecule has 1 aliphatic rings. The lowest BCUT2D eigenvalue weighted by Gasteiger charge is -2.29. The number of carbonyl (C=O) groups excluding carboxylic acids is 1. The van der Waals surface area contributed by atoms with Crippen LogP contribution >= 0.6 is 0 Å². The Bertz CT molecular complexity index is 518. The first-order valence-corrected chi connectivity index (χ1v) is 6.34. The summed E-state index contributed by atoms with van der Waals surface area (Å²) >= 11 is 0. The van der Waals surface area contributed by atoms with Gasteiger partial charge in [0.25, 0.3) is 0 Å². The number of carboxylic acid groups (broad SMARTS) is 1. The molecule has 2 N–H and O–H groups in total. The zero-order chi connectivity index (χ0) is 14.5. The minimum absolute atomic E-state index is 0.173. The van der Waals surface area contributed by atoms with Crippen LogP contribution in [0.3, 0.4) is 0 Å². The topological polar surface area (TPSA) is 91.8 Å². The lowest BCUT2D eigenvalue weighted by atomic mass is 9.97. The molecule has 1 aliphatic heterocycles. The van der Waals surface area contributed by atoms with Gasteiger partial charge in [-0.2, -0.15) is 0 Å². The number of nitrogens with zero attached hydrogens (tertiary/aromatic N) is 2. The van der Waals surface area contributed by atoms with E-state index in [0.717, 1.165) is 11.1 Å². The molecule has 108 valence electrons. The minimum atomic E-state index is -0.979. The van der Waals surface area contributed by atoms with Gasteiger partial charge in [-0.05, 0) is 17.5 Å². The number of nitrogens with one attached hydrogen (secondary N) is 1. The van der Waals surface area contributed by atoms with Crippen molar-refractivity contribution < 1.29 is 19.4 Å². The summed E-state index contributed by atoms with van der Waals surface area (Å²) in [6, 6.07) is -0.173. The first-order chi connectivity index (χ1) is 9.63. The summed E-state index contributed by atoms with van der Waals surface area (Å²) in [6.45, 7) is 1.78. The van der Waals surface area contributed by atoms with Gasteiger partial charge in [0.1, 0.15) is 0 Å². The van der Waals surface area contributed by atoms with E-state index in [-0.39, 0.29) is 11.6 Å². The lowest BCUT2D eigenvalue weighted by Crippen LogP contribution is -2.44. The molecule has 2 amide bonds. The van der Waals surface area contributed by atoms with Gasteiger partial charge in [-0.25, -0.2) is 9.59 Å². The Balaban J connectivity index is 2.06. The van der Waals surface area contributed by atoms with Gasteiger partial charge in [0.2, 0.25) is 0 Å². The molecular formula is C13H17N3O4. The zero-order valence-electron chi connectivity index (χ0n) is 11.3. The summed E-state index contributed by atoms with van der Waals surface area (Å²) < 4.78 is 4.87. The van der Waals surface area contributed by atoms with Gasteiger partial charge in [-0.1, -0.05) is 0 Å². The summed E-state index contributed by atoms with van der Waals surface area (Å²) in [7, 11) is 1.57. The van der Waals surface area contributed by atoms with Crippen LogP contribution in [0.1, 0.15) is 21.5 Å². The van der Waals surface area contributed by atoms with Crippen molar-refractivity contribution in [3.05, 3.63) is 29.1 Å². The van der Waals surface area contributed by atoms with Crippen LogP contribution in [0, 0.1) is 0 Å². The van der Waals surface area contributed by atoms with Gasteiger partial charge in [0.05, 0.1) is 12.2 Å². The van der Waals surface area contributed by atoms with Crippen molar-refractivity contribution >= 4 is 12.0 Å². The molecule has 0 aliphatic carbocycles. The van der Waals surface area contributed by atoms with E-state index in [4.69, 9.17) is 9.84 Å². The maximum Gasteiger partial charge on any atom is 0.337 e. The number of aromatic nitrogens is 1. The number of aromatic carboxylic acids is 1. The molecule has 0 saturated carbocycles. The molecule has 0 fully saturated rings. The van der Waals surface area contributed by atoms with Gasteiger partial charge >= 0.3 is 12.0 Å². The standard InChI is InChI=1S/C13H17N3O4/c1-20-5-3-15-13(19)16-4-2-10-9(8-16)6-14-7-11(10)12(17)18/h6-7H,2-5,8H2,1H3,(H,15,19)(H,17,18). The summed E-state index contributed by atoms with van der Waals surface area (Å²) in [5.74, 6) is -0.979. The molecule has 7 nitrogen and oxygen atoms in total. The van der Waals surface area contributed by atoms with Gasteiger partial charge < -0.3 is 20.1 Å². The maximum atomic E-state index is 11.9. The molecule has 0 aromatic carbocycles. The molecular weight excluding hydrogens is 262 g/mol. The number of rotatable bonds is 4. The second-order valence-corrected chi connectivity index (χ2v) is 4.53. The van der Waals surface area contributed by atoms with Crippen molar-refractivity contribution in [1.82, 2.24) is 15.2 Å². The lowest BCUT2D eigenvalue weighted by molar-refractivity contribution is 0.0694. The third-order valence-corrected chi connectivity index (χ3v) is 3.24. The number of urea groups is 1. The van der Waals surface area contributed by atoms with E-state index in [0.29, 0.717) is 32.7 Å². The molecule has 7 heteroatoms. The van der Waals surface area contributed by atoms with Gasteiger partial charge in [0.15, 0.2) is 0 Å². The highest BCUT2D eigenvalue weighted by atomic mass is 16.5. The fourth-order valence-corrected chi connectivity index (χ4v) is 2.22. The van der Waals surface area contributed by atoms with E-state index in [1.807, 2.05) is 0 Å². The first kappa shape index (κ1) is 14.3. The summed E-state index contributed by atoms with van der Waals surface area (Å²) in [6.07, 6.45) is 3.50. The molecule has 1 aromatic heterocycles. The minimum Gasteiger partial charge on any atom is -0.478 e. The SMILES string of the molecule is COCCNC(=O)N1CCc2c(cncc2C(=O)O)C1. The van der Waals surface area contributed by atoms with Crippen molar-refractivity contribution in [2.24, 2.45) is 0 Å². The number of carbonyl (C=O) groups is 2. The fourth-order valence-electron chi connectivity index (χ4n) is 2.22. The summed E-state index contributed by atoms with van der Waals surface area (Å²) in [5, 5.41) is 11.9. The molecule has 0 saturated heterocycles. The second-order valence-electron chi connectivity index (χ2n) is 4.53. The molecule has 0 radical (unpaired) electrons. The van der Waals surface area contributed by atoms with Crippen LogP contribution in [0.2, 0.25) is 0 Å². The average Bonchev–Trinajstić information content (AvgIpc) is 2.46. The predicted molar refractivity (Wildman–Crippen MR) is 70.6 cm³/mol. The van der Waals surface area contributed by atoms with Crippen LogP contribution in [-0.2, 0) is 17.7 Å². The van der Waals surface area contributed by atoms with Crippen LogP contribution in [0.5, 0.6) is 0 Å². The van der Waals surface area contributed by atoms with Crippen molar-refractivity contribution in [2.75, 3.05) is 26.8 Å². The van der Waals surface area contributed by atoms with E-state index in [9.17, 15) is 9.59 Å². The third kappa shape index (κ3) is 3.05. The largest absolute Gasteiger partial charge is 0.478 e. The van der Waals surface area contributed by atoms with E-state index < -0.39 is 5.97 Å². The van der Waals surface area contributed by atoms with E-state index >= 15 is 0 Å². The summed E-state index contributed by atoms with van der Waals surface area (Å²) in [5.41, 5.74) is 1.79. The molecule has 0 bridgehead atoms. The number of pyridine rings is 1. The highest BCUT2D eigenvalue weighted by molar-refractivity contribution is 5.89. The number of ether oxygens (including phenoxy) is 1. The Morgan fingerprint density at radius 3 is 3.00 bits per heavy atom. The molecule has 0 unspecified atom stereocenters. The molecule has 0 spiro atoms. The maximum absolute atomic E-state index is 11.9. The number of fused-ring (bicyclic) bond motifs is 1. The molecule has 1 aromatic rings. The van der Waals surface area contributed by atoms with E-state index in [2.05, 4.69) is 10.3 Å². The third-order valence-electron chi connectivity index (χ3n) is 3.24. The fraction of sp³-hybridized carbons (Fsp3) is 0.462. The highest BCUT2D eigenvalue weighted by Crippen LogP contribution is 2.21. The zero-order valence-corrected chi connectivity index (χ0v) is 11.3. The number of hydrogen-bond acceptors (Lipinski definition) is 4. The van der Waals surface area contributed by atoms with Crippen molar-refractivity contribution in [2.45, 2.75) is 13.0 Å². The monoisotopic (exact) mass is 279 g/mol. The molecule has 2 heterocycles. The Morgan fingerprint density at radius 2 is 2.30 bits per heavy atom. The Kier molecular flexibility index (Phi) is 4.52. The molecule has 20 heavy (non-hydrogen) atoms. The quantitative estimate of drug-likeness (QED) is 0.783. The van der Waals surface area contributed by atoms with Gasteiger partial charge in [-0.15, -0.1) is 0 Å². The second kappa shape index (κ2) is 6.33. The van der Waals surface area contributed by atoms with Crippen molar-refractivity contribution in [3.8, 4) is 0 Å². The first-order valence-electron chi connectivity index (χ1n) is 6.34. The Hall–Kier alpha value is -2.15. The van der Waals surface area contributed by atoms with Crippen LogP contribution in [0.25, 0.3) is 0 Å². The predicted octanol–water partition coefficient (Wildman–Crippen LogP) is 0.494. The average molecular weight is 279 g/mol. The summed E-state index contributed by atoms with van der Waals surface area (Å²) in [4.78, 5) is 28.6. The van der Waals surface area contributed by atoms with Crippen molar-refractivity contribution in [3.63, 3.8) is 0 Å². The van der Waals surface area contributed by atoms with Crippen LogP contribution < -0.4 is 5.32 Å². The number of hydrogen-bond donors (Lipinski definition) is 2. The molecule has 2 rings (SSSR count). The van der Waals surface area contributed by atoms with Gasteiger partial charge in [-0.3, -0.25) is 4.98 Å². The van der Waals surface area contributed by atoms with Crippen molar-refractivity contribution in [1.29, 1.82) is 0 Å². The molecule has 0 atom stereocenters. The van der Waals surface area contributed by atoms with E-state index in [1.54, 1.807) is 18.2 Å². The Morgan fingerprint density at radius 1 is 1.50 bits per heavy atom. The normalized spacial score (nSPS) is 13.8. The van der Waals surface area contributed by atoms with E-state index in [1.165, 1.54) is 6.20 Å². The van der Waals surface area contributed by atoms with Gasteiger partial charge in [0, 0.05) is 39.1 Å². The number of carboxylic acids is 1. The van der Waals surface area contributed by atoms with Crippen LogP contribution in [0.15, 0.2) is 12.4 Å². The number of amides is 2. The van der Waals surface area contributed by atoms with Crippen LogP contribution in [-0.4, -0.2) is 53.8 Å².